The maximum absolute atomic E-state index is 13.3. The second-order valence-electron chi connectivity index (χ2n) is 13.4. The van der Waals surface area contributed by atoms with Crippen LogP contribution in [-0.4, -0.2) is 124 Å². The van der Waals surface area contributed by atoms with Crippen molar-refractivity contribution in [3.8, 4) is 0 Å². The number of carboxylic acids is 2. The largest absolute Gasteiger partial charge is 0.480 e. The van der Waals surface area contributed by atoms with Crippen LogP contribution < -0.4 is 15.2 Å². The Bertz CT molecular complexity index is 1860. The van der Waals surface area contributed by atoms with Crippen LogP contribution in [0.5, 0.6) is 0 Å². The van der Waals surface area contributed by atoms with Gasteiger partial charge in [-0.25, -0.2) is 4.79 Å². The Morgan fingerprint density at radius 1 is 1.07 bits per heavy atom. The van der Waals surface area contributed by atoms with Gasteiger partial charge < -0.3 is 30.1 Å². The van der Waals surface area contributed by atoms with Crippen molar-refractivity contribution in [2.75, 3.05) is 63.7 Å². The molecule has 3 aliphatic rings. The first-order chi connectivity index (χ1) is 25.7. The summed E-state index contributed by atoms with van der Waals surface area (Å²) >= 11 is 16.8. The van der Waals surface area contributed by atoms with E-state index in [1.807, 2.05) is 0 Å². The van der Waals surface area contributed by atoms with E-state index >= 15 is 0 Å². The van der Waals surface area contributed by atoms with E-state index in [9.17, 15) is 29.1 Å². The lowest BCUT2D eigenvalue weighted by Gasteiger charge is -2.49. The Labute approximate surface area is 336 Å². The molecule has 54 heavy (non-hydrogen) atoms. The first-order valence-corrected chi connectivity index (χ1v) is 21.0. The number of morpholine rings is 1. The third-order valence-electron chi connectivity index (χ3n) is 9.40. The number of aliphatic carboxylic acids is 2. The van der Waals surface area contributed by atoms with Gasteiger partial charge in [0.2, 0.25) is 11.8 Å². The highest BCUT2D eigenvalue weighted by Crippen LogP contribution is 2.42. The average Bonchev–Trinajstić information content (AvgIpc) is 3.12. The van der Waals surface area contributed by atoms with Gasteiger partial charge in [0.05, 0.1) is 44.0 Å². The Kier molecular flexibility index (Phi) is 14.4. The van der Waals surface area contributed by atoms with E-state index in [2.05, 4.69) is 48.2 Å². The van der Waals surface area contributed by atoms with Crippen LogP contribution in [0.4, 0.5) is 0 Å². The quantitative estimate of drug-likeness (QED) is 0.0642. The monoisotopic (exact) mass is 839 g/mol. The number of aromatic nitrogens is 1. The number of rotatable bonds is 16. The summed E-state index contributed by atoms with van der Waals surface area (Å²) in [6, 6.07) is 6.44. The average molecular weight is 841 g/mol. The first-order valence-electron chi connectivity index (χ1n) is 17.2. The minimum absolute atomic E-state index is 0.0229. The minimum Gasteiger partial charge on any atom is -0.480 e. The van der Waals surface area contributed by atoms with Crippen molar-refractivity contribution in [3.05, 3.63) is 68.6 Å². The number of halogens is 2. The highest BCUT2D eigenvalue weighted by Gasteiger charge is 2.54. The minimum atomic E-state index is -1.18. The molecule has 18 heteroatoms. The summed E-state index contributed by atoms with van der Waals surface area (Å²) in [5, 5.41) is 23.8. The van der Waals surface area contributed by atoms with Crippen molar-refractivity contribution in [1.29, 1.82) is 0 Å². The molecule has 13 nitrogen and oxygen atoms in total. The van der Waals surface area contributed by atoms with Gasteiger partial charge in [0, 0.05) is 58.4 Å². The van der Waals surface area contributed by atoms with Crippen molar-refractivity contribution in [2.45, 2.75) is 48.0 Å². The summed E-state index contributed by atoms with van der Waals surface area (Å²) in [6.07, 6.45) is 3.58. The standard InChI is InChI=1S/C36H41Cl2N5O8S3/c1-21-13-25(14-22(2)41(21)7-4-8-43(3)9-11-51-12-10-43)52-18-24-19-54-35-32(34(48)42(35)33(24)36(49)50)40-30(45)20-53-28-16-26(37)23(15-27(28)38)5-6-29(44)39-17-31(46)47/h5-6,13-16,32,35H,4,7-12,17-20H2,1-3H3,(H2-2,39,40,44,45,46,47,49,50)/p+2/b6-5+/t32-,35-/m1/s1. The maximum atomic E-state index is 13.3. The number of β-lactam (4-membered cyclic amide) rings is 1. The van der Waals surface area contributed by atoms with Crippen molar-refractivity contribution in [2.24, 2.45) is 0 Å². The number of fused-ring (bicyclic) bond motifs is 1. The molecule has 1 aromatic carbocycles. The van der Waals surface area contributed by atoms with Crippen molar-refractivity contribution in [1.82, 2.24) is 15.5 Å². The Morgan fingerprint density at radius 2 is 1.78 bits per heavy atom. The number of carbonyl (C=O) groups is 5. The summed E-state index contributed by atoms with van der Waals surface area (Å²) in [7, 11) is 2.29. The molecule has 3 aliphatic heterocycles. The van der Waals surface area contributed by atoms with E-state index in [1.54, 1.807) is 11.8 Å². The highest BCUT2D eigenvalue weighted by molar-refractivity contribution is 8.01. The van der Waals surface area contributed by atoms with Crippen LogP contribution in [-0.2, 0) is 35.3 Å². The molecule has 0 unspecified atom stereocenters. The molecule has 1 aromatic heterocycles. The fraction of sp³-hybridized carbons (Fsp3) is 0.444. The number of hydrogen-bond acceptors (Lipinski definition) is 9. The Morgan fingerprint density at radius 3 is 2.44 bits per heavy atom. The lowest BCUT2D eigenvalue weighted by Crippen LogP contribution is -2.70. The second kappa shape index (κ2) is 18.6. The van der Waals surface area contributed by atoms with Crippen LogP contribution in [0, 0.1) is 13.8 Å². The Balaban J connectivity index is 1.14. The second-order valence-corrected chi connectivity index (χ2v) is 17.4. The molecule has 0 saturated carbocycles. The van der Waals surface area contributed by atoms with Crippen LogP contribution in [0.2, 0.25) is 10.0 Å². The predicted octanol–water partition coefficient (Wildman–Crippen LogP) is 3.60. The molecule has 4 N–H and O–H groups in total. The number of ether oxygens (including phenoxy) is 1. The number of nitrogens with zero attached hydrogens (tertiary/aromatic N) is 3. The van der Waals surface area contributed by atoms with Crippen molar-refractivity contribution in [3.63, 3.8) is 0 Å². The molecule has 0 bridgehead atoms. The number of carboxylic acid groups (broad SMARTS) is 2. The summed E-state index contributed by atoms with van der Waals surface area (Å²) in [5.74, 6) is -3.14. The van der Waals surface area contributed by atoms with Gasteiger partial charge in [-0.2, -0.15) is 4.57 Å². The summed E-state index contributed by atoms with van der Waals surface area (Å²) < 4.78 is 8.89. The SMILES string of the molecule is Cc1cc(SCC2=C(C(=O)O)N3C(=O)[C@@H](NC(=O)CSc4cc(Cl)c(/C=C/C(=O)NCC(=O)O)cc4Cl)[C@H]3SC2)cc(C)[n+]1CCC[N+]1(C)CCOCC1. The number of quaternary nitrogens is 1. The third-order valence-corrected chi connectivity index (χ3v) is 13.6. The molecule has 2 atom stereocenters. The van der Waals surface area contributed by atoms with E-state index in [0.29, 0.717) is 27.5 Å². The molecule has 4 heterocycles. The summed E-state index contributed by atoms with van der Waals surface area (Å²) in [5.41, 5.74) is 3.32. The molecule has 2 aromatic rings. The number of amides is 3. The third kappa shape index (κ3) is 10.5. The lowest BCUT2D eigenvalue weighted by atomic mass is 10.0. The van der Waals surface area contributed by atoms with Crippen LogP contribution in [0.25, 0.3) is 6.08 Å². The van der Waals surface area contributed by atoms with E-state index < -0.39 is 47.6 Å². The molecule has 290 valence electrons. The number of carbonyl (C=O) groups excluding carboxylic acids is 3. The van der Waals surface area contributed by atoms with Gasteiger partial charge >= 0.3 is 11.9 Å². The van der Waals surface area contributed by atoms with Crippen LogP contribution in [0.1, 0.15) is 23.4 Å². The zero-order chi connectivity index (χ0) is 39.2. The molecular formula is C36H43Cl2N5O8S3+2. The molecule has 2 fully saturated rings. The molecular weight excluding hydrogens is 798 g/mol. The van der Waals surface area contributed by atoms with Gasteiger partial charge in [-0.15, -0.1) is 35.3 Å². The maximum Gasteiger partial charge on any atom is 0.352 e. The zero-order valence-electron chi connectivity index (χ0n) is 30.1. The van der Waals surface area contributed by atoms with Crippen molar-refractivity contribution >= 4 is 94.2 Å². The fourth-order valence-corrected chi connectivity index (χ4v) is 10.4. The smallest absolute Gasteiger partial charge is 0.352 e. The number of hydrogen-bond donors (Lipinski definition) is 4. The molecule has 3 amide bonds. The summed E-state index contributed by atoms with van der Waals surface area (Å²) in [4.78, 5) is 63.9. The van der Waals surface area contributed by atoms with E-state index in [1.165, 1.54) is 34.9 Å². The predicted molar refractivity (Wildman–Crippen MR) is 210 cm³/mol. The number of nitrogens with one attached hydrogen (secondary N) is 2. The van der Waals surface area contributed by atoms with Gasteiger partial charge in [0.15, 0.2) is 17.9 Å². The number of pyridine rings is 1. The van der Waals surface area contributed by atoms with E-state index in [-0.39, 0.29) is 21.5 Å². The van der Waals surface area contributed by atoms with Gasteiger partial charge in [-0.1, -0.05) is 23.2 Å². The van der Waals surface area contributed by atoms with Gasteiger partial charge in [0.1, 0.15) is 36.7 Å². The number of likely N-dealkylation sites (N-methyl/N-ethyl adjacent to an activating group) is 1. The lowest BCUT2D eigenvalue weighted by molar-refractivity contribution is -0.919. The van der Waals surface area contributed by atoms with Crippen molar-refractivity contribution < 1.29 is 48.0 Å². The topological polar surface area (TPSA) is 166 Å². The number of benzene rings is 1. The van der Waals surface area contributed by atoms with Gasteiger partial charge in [-0.05, 0) is 29.3 Å². The molecule has 0 spiro atoms. The van der Waals surface area contributed by atoms with Crippen LogP contribution in [0.15, 0.2) is 51.4 Å². The van der Waals surface area contributed by atoms with Gasteiger partial charge in [-0.3, -0.25) is 24.1 Å². The van der Waals surface area contributed by atoms with E-state index in [0.717, 1.165) is 84.4 Å². The molecule has 2 saturated heterocycles. The highest BCUT2D eigenvalue weighted by atomic mass is 35.5. The van der Waals surface area contributed by atoms with Crippen LogP contribution >= 0.6 is 58.5 Å². The number of aryl methyl sites for hydroxylation is 2. The van der Waals surface area contributed by atoms with Crippen LogP contribution in [0.3, 0.4) is 0 Å². The molecule has 5 rings (SSSR count). The molecule has 0 radical (unpaired) electrons. The first kappa shape index (κ1) is 41.9. The van der Waals surface area contributed by atoms with Gasteiger partial charge in [0.25, 0.3) is 5.91 Å². The number of thioether (sulfide) groups is 3. The normalized spacial score (nSPS) is 19.4. The summed E-state index contributed by atoms with van der Waals surface area (Å²) in [6.45, 7) is 9.37. The molecule has 0 aliphatic carbocycles. The fourth-order valence-electron chi connectivity index (χ4n) is 6.43. The zero-order valence-corrected chi connectivity index (χ0v) is 34.0. The Hall–Kier alpha value is -3.25. The van der Waals surface area contributed by atoms with E-state index in [4.69, 9.17) is 33.0 Å².